The molecular formula is C19H17N3O4. The number of methoxy groups -OCH3 is 1. The maximum atomic E-state index is 12.4. The van der Waals surface area contributed by atoms with Crippen LogP contribution in [0.25, 0.3) is 0 Å². The molecule has 0 spiro atoms. The third-order valence-corrected chi connectivity index (χ3v) is 3.57. The summed E-state index contributed by atoms with van der Waals surface area (Å²) < 4.78 is 10.4. The fraction of sp³-hybridized carbons (Fsp3) is 0.105. The van der Waals surface area contributed by atoms with Crippen molar-refractivity contribution in [2.75, 3.05) is 12.4 Å². The summed E-state index contributed by atoms with van der Waals surface area (Å²) in [4.78, 5) is 28.8. The molecule has 0 aliphatic rings. The summed E-state index contributed by atoms with van der Waals surface area (Å²) in [6.07, 6.45) is 1.53. The third-order valence-electron chi connectivity index (χ3n) is 3.57. The molecule has 7 nitrogen and oxygen atoms in total. The average molecular weight is 351 g/mol. The Morgan fingerprint density at radius 2 is 1.77 bits per heavy atom. The second-order valence-corrected chi connectivity index (χ2v) is 5.32. The summed E-state index contributed by atoms with van der Waals surface area (Å²) in [6, 6.07) is 15.2. The highest BCUT2D eigenvalue weighted by molar-refractivity contribution is 6.04. The quantitative estimate of drug-likeness (QED) is 0.712. The van der Waals surface area contributed by atoms with Crippen molar-refractivity contribution in [3.05, 3.63) is 78.0 Å². The summed E-state index contributed by atoms with van der Waals surface area (Å²) in [5.41, 5.74) is 0.792. The molecule has 2 N–H and O–H groups in total. The Morgan fingerprint density at radius 1 is 1.00 bits per heavy atom. The molecule has 3 rings (SSSR count). The molecule has 0 radical (unpaired) electrons. The molecule has 7 heteroatoms. The van der Waals surface area contributed by atoms with Crippen molar-refractivity contribution in [1.29, 1.82) is 0 Å². The van der Waals surface area contributed by atoms with E-state index >= 15 is 0 Å². The van der Waals surface area contributed by atoms with Crippen LogP contribution in [0.3, 0.4) is 0 Å². The SMILES string of the molecule is COc1ccccc1NC(=O)c1cccc(C(=O)NCc2ccco2)n1. The van der Waals surface area contributed by atoms with Crippen molar-refractivity contribution in [2.45, 2.75) is 6.54 Å². The van der Waals surface area contributed by atoms with E-state index in [4.69, 9.17) is 9.15 Å². The highest BCUT2D eigenvalue weighted by Crippen LogP contribution is 2.23. The zero-order valence-corrected chi connectivity index (χ0v) is 14.1. The summed E-state index contributed by atoms with van der Waals surface area (Å²) in [7, 11) is 1.52. The van der Waals surface area contributed by atoms with Gasteiger partial charge < -0.3 is 19.8 Å². The highest BCUT2D eigenvalue weighted by Gasteiger charge is 2.14. The van der Waals surface area contributed by atoms with Crippen molar-refractivity contribution in [1.82, 2.24) is 10.3 Å². The minimum absolute atomic E-state index is 0.126. The Balaban J connectivity index is 1.69. The molecule has 0 atom stereocenters. The van der Waals surface area contributed by atoms with Crippen molar-refractivity contribution in [3.63, 3.8) is 0 Å². The van der Waals surface area contributed by atoms with Gasteiger partial charge in [-0.15, -0.1) is 0 Å². The molecule has 1 aromatic carbocycles. The Kier molecular flexibility index (Phi) is 5.28. The van der Waals surface area contributed by atoms with Gasteiger partial charge in [-0.3, -0.25) is 9.59 Å². The van der Waals surface area contributed by atoms with Gasteiger partial charge in [-0.2, -0.15) is 0 Å². The number of nitrogens with one attached hydrogen (secondary N) is 2. The van der Waals surface area contributed by atoms with Crippen LogP contribution >= 0.6 is 0 Å². The Hall–Kier alpha value is -3.61. The fourth-order valence-electron chi connectivity index (χ4n) is 2.29. The second-order valence-electron chi connectivity index (χ2n) is 5.32. The topological polar surface area (TPSA) is 93.5 Å². The smallest absolute Gasteiger partial charge is 0.274 e. The van der Waals surface area contributed by atoms with E-state index in [9.17, 15) is 9.59 Å². The minimum Gasteiger partial charge on any atom is -0.495 e. The molecule has 2 amide bonds. The van der Waals surface area contributed by atoms with Crippen LogP contribution in [0.1, 0.15) is 26.7 Å². The van der Waals surface area contributed by atoms with Crippen molar-refractivity contribution in [3.8, 4) is 5.75 Å². The first kappa shape index (κ1) is 17.2. The standard InChI is InChI=1S/C19H17N3O4/c1-25-17-10-3-2-7-14(17)22-19(24)16-9-4-8-15(21-16)18(23)20-12-13-6-5-11-26-13/h2-11H,12H2,1H3,(H,20,23)(H,22,24). The van der Waals surface area contributed by atoms with Gasteiger partial charge in [-0.05, 0) is 36.4 Å². The number of pyridine rings is 1. The van der Waals surface area contributed by atoms with Crippen LogP contribution in [-0.4, -0.2) is 23.9 Å². The van der Waals surface area contributed by atoms with Gasteiger partial charge >= 0.3 is 0 Å². The molecule has 0 aliphatic heterocycles. The summed E-state index contributed by atoms with van der Waals surface area (Å²) in [5, 5.41) is 5.41. The number of para-hydroxylation sites is 2. The summed E-state index contributed by atoms with van der Waals surface area (Å²) >= 11 is 0. The number of anilines is 1. The van der Waals surface area contributed by atoms with E-state index in [0.717, 1.165) is 0 Å². The molecule has 0 aliphatic carbocycles. The van der Waals surface area contributed by atoms with Crippen LogP contribution < -0.4 is 15.4 Å². The van der Waals surface area contributed by atoms with Gasteiger partial charge in [-0.25, -0.2) is 4.98 Å². The predicted octanol–water partition coefficient (Wildman–Crippen LogP) is 2.87. The molecule has 2 aromatic heterocycles. The minimum atomic E-state index is -0.435. The molecule has 26 heavy (non-hydrogen) atoms. The molecule has 0 saturated carbocycles. The Labute approximate surface area is 150 Å². The number of carbonyl (C=O) groups excluding carboxylic acids is 2. The van der Waals surface area contributed by atoms with Crippen LogP contribution in [0, 0.1) is 0 Å². The third kappa shape index (κ3) is 4.07. The van der Waals surface area contributed by atoms with E-state index < -0.39 is 11.8 Å². The molecule has 2 heterocycles. The van der Waals surface area contributed by atoms with Crippen molar-refractivity contribution in [2.24, 2.45) is 0 Å². The number of amides is 2. The van der Waals surface area contributed by atoms with E-state index in [2.05, 4.69) is 15.6 Å². The van der Waals surface area contributed by atoms with Crippen LogP contribution in [0.2, 0.25) is 0 Å². The molecular weight excluding hydrogens is 334 g/mol. The molecule has 0 unspecified atom stereocenters. The maximum absolute atomic E-state index is 12.4. The maximum Gasteiger partial charge on any atom is 0.274 e. The van der Waals surface area contributed by atoms with Gasteiger partial charge in [0.25, 0.3) is 11.8 Å². The Bertz CT molecular complexity index is 907. The first-order valence-corrected chi connectivity index (χ1v) is 7.89. The summed E-state index contributed by atoms with van der Waals surface area (Å²) in [5.74, 6) is 0.333. The number of furan rings is 1. The average Bonchev–Trinajstić information content (AvgIpc) is 3.20. The zero-order chi connectivity index (χ0) is 18.4. The lowest BCUT2D eigenvalue weighted by Gasteiger charge is -2.10. The van der Waals surface area contributed by atoms with Gasteiger partial charge in [0, 0.05) is 0 Å². The van der Waals surface area contributed by atoms with Crippen LogP contribution in [0.15, 0.2) is 65.3 Å². The van der Waals surface area contributed by atoms with E-state index in [1.165, 1.54) is 25.5 Å². The first-order valence-electron chi connectivity index (χ1n) is 7.89. The highest BCUT2D eigenvalue weighted by atomic mass is 16.5. The predicted molar refractivity (Wildman–Crippen MR) is 95.1 cm³/mol. The van der Waals surface area contributed by atoms with E-state index in [1.54, 1.807) is 42.5 Å². The lowest BCUT2D eigenvalue weighted by atomic mass is 10.2. The number of nitrogens with zero attached hydrogens (tertiary/aromatic N) is 1. The van der Waals surface area contributed by atoms with Crippen LogP contribution in [0.4, 0.5) is 5.69 Å². The van der Waals surface area contributed by atoms with Crippen LogP contribution in [0.5, 0.6) is 5.75 Å². The molecule has 3 aromatic rings. The number of carbonyl (C=O) groups is 2. The first-order chi connectivity index (χ1) is 12.7. The lowest BCUT2D eigenvalue weighted by molar-refractivity contribution is 0.0943. The number of hydrogen-bond acceptors (Lipinski definition) is 5. The molecule has 0 saturated heterocycles. The molecule has 132 valence electrons. The zero-order valence-electron chi connectivity index (χ0n) is 14.1. The van der Waals surface area contributed by atoms with Gasteiger partial charge in [0.05, 0.1) is 25.6 Å². The molecule has 0 bridgehead atoms. The number of aromatic nitrogens is 1. The Morgan fingerprint density at radius 3 is 2.50 bits per heavy atom. The largest absolute Gasteiger partial charge is 0.495 e. The van der Waals surface area contributed by atoms with E-state index in [1.807, 2.05) is 0 Å². The van der Waals surface area contributed by atoms with Crippen molar-refractivity contribution < 1.29 is 18.7 Å². The second kappa shape index (κ2) is 7.98. The monoisotopic (exact) mass is 351 g/mol. The fourth-order valence-corrected chi connectivity index (χ4v) is 2.29. The van der Waals surface area contributed by atoms with Gasteiger partial charge in [0.1, 0.15) is 22.9 Å². The van der Waals surface area contributed by atoms with Gasteiger partial charge in [0.15, 0.2) is 0 Å². The summed E-state index contributed by atoms with van der Waals surface area (Å²) in [6.45, 7) is 0.241. The van der Waals surface area contributed by atoms with E-state index in [-0.39, 0.29) is 17.9 Å². The molecule has 0 fully saturated rings. The van der Waals surface area contributed by atoms with Crippen LogP contribution in [-0.2, 0) is 6.54 Å². The number of hydrogen-bond donors (Lipinski definition) is 2. The van der Waals surface area contributed by atoms with E-state index in [0.29, 0.717) is 17.2 Å². The van der Waals surface area contributed by atoms with Gasteiger partial charge in [0.2, 0.25) is 0 Å². The number of benzene rings is 1. The number of rotatable bonds is 6. The normalized spacial score (nSPS) is 10.2. The van der Waals surface area contributed by atoms with Gasteiger partial charge in [-0.1, -0.05) is 18.2 Å². The lowest BCUT2D eigenvalue weighted by Crippen LogP contribution is -2.25. The van der Waals surface area contributed by atoms with Crippen molar-refractivity contribution >= 4 is 17.5 Å². The number of ether oxygens (including phenoxy) is 1.